The summed E-state index contributed by atoms with van der Waals surface area (Å²) < 4.78 is 13.7. The van der Waals surface area contributed by atoms with Crippen molar-refractivity contribution in [2.75, 3.05) is 5.32 Å². The Morgan fingerprint density at radius 3 is 2.71 bits per heavy atom. The molecule has 2 aromatic rings. The first-order valence-corrected chi connectivity index (χ1v) is 5.47. The zero-order valence-corrected chi connectivity index (χ0v) is 10.2. The van der Waals surface area contributed by atoms with Crippen molar-refractivity contribution in [3.05, 3.63) is 46.6 Å². The number of aromatic nitrogens is 2. The van der Waals surface area contributed by atoms with Crippen molar-refractivity contribution in [1.29, 1.82) is 0 Å². The number of halogens is 2. The molecule has 0 amide bonds. The van der Waals surface area contributed by atoms with Crippen molar-refractivity contribution in [3.63, 3.8) is 0 Å². The molecule has 0 aliphatic carbocycles. The average molecular weight is 252 g/mol. The number of anilines is 2. The van der Waals surface area contributed by atoms with Crippen LogP contribution in [0.1, 0.15) is 11.3 Å². The highest BCUT2D eigenvalue weighted by Gasteiger charge is 2.10. The molecule has 0 saturated heterocycles. The molecule has 0 radical (unpaired) electrons. The van der Waals surface area contributed by atoms with Gasteiger partial charge < -0.3 is 5.32 Å². The zero-order valence-electron chi connectivity index (χ0n) is 9.46. The highest BCUT2D eigenvalue weighted by molar-refractivity contribution is 6.28. The number of nitrogens with zero attached hydrogens (tertiary/aromatic N) is 2. The van der Waals surface area contributed by atoms with Crippen molar-refractivity contribution in [2.45, 2.75) is 13.8 Å². The Morgan fingerprint density at radius 1 is 1.24 bits per heavy atom. The monoisotopic (exact) mass is 251 g/mol. The van der Waals surface area contributed by atoms with Gasteiger partial charge in [-0.05, 0) is 43.1 Å². The molecule has 0 aliphatic rings. The van der Waals surface area contributed by atoms with Gasteiger partial charge in [-0.2, -0.15) is 4.98 Å². The molecule has 5 heteroatoms. The SMILES string of the molecule is Cc1cccc(Nc2nc(Cl)nc(C)c2F)c1. The van der Waals surface area contributed by atoms with Crippen LogP contribution in [0.25, 0.3) is 0 Å². The van der Waals surface area contributed by atoms with Crippen LogP contribution in [-0.4, -0.2) is 9.97 Å². The topological polar surface area (TPSA) is 37.8 Å². The Kier molecular flexibility index (Phi) is 3.24. The minimum Gasteiger partial charge on any atom is -0.338 e. The van der Waals surface area contributed by atoms with Crippen LogP contribution in [0.3, 0.4) is 0 Å². The fraction of sp³-hybridized carbons (Fsp3) is 0.167. The molecule has 0 fully saturated rings. The third-order valence-electron chi connectivity index (χ3n) is 2.27. The van der Waals surface area contributed by atoms with Gasteiger partial charge >= 0.3 is 0 Å². The fourth-order valence-corrected chi connectivity index (χ4v) is 1.68. The summed E-state index contributed by atoms with van der Waals surface area (Å²) in [5.74, 6) is -0.399. The van der Waals surface area contributed by atoms with Crippen LogP contribution in [0.4, 0.5) is 15.9 Å². The molecule has 0 bridgehead atoms. The van der Waals surface area contributed by atoms with E-state index in [0.717, 1.165) is 11.3 Å². The van der Waals surface area contributed by atoms with E-state index in [4.69, 9.17) is 11.6 Å². The van der Waals surface area contributed by atoms with E-state index in [9.17, 15) is 4.39 Å². The standard InChI is InChI=1S/C12H11ClFN3/c1-7-4-3-5-9(6-7)16-11-10(14)8(2)15-12(13)17-11/h3-6H,1-2H3,(H,15,16,17). The smallest absolute Gasteiger partial charge is 0.224 e. The second-order valence-electron chi connectivity index (χ2n) is 3.74. The molecule has 1 aromatic heterocycles. The molecular formula is C12H11ClFN3. The second kappa shape index (κ2) is 4.67. The summed E-state index contributed by atoms with van der Waals surface area (Å²) in [6.07, 6.45) is 0. The van der Waals surface area contributed by atoms with Crippen LogP contribution >= 0.6 is 11.6 Å². The molecule has 0 spiro atoms. The summed E-state index contributed by atoms with van der Waals surface area (Å²) in [4.78, 5) is 7.56. The maximum Gasteiger partial charge on any atom is 0.224 e. The number of aryl methyl sites for hydroxylation is 2. The molecule has 0 unspecified atom stereocenters. The van der Waals surface area contributed by atoms with Gasteiger partial charge in [-0.3, -0.25) is 0 Å². The third kappa shape index (κ3) is 2.71. The first-order chi connectivity index (χ1) is 8.06. The molecule has 88 valence electrons. The minimum absolute atomic E-state index is 0.0269. The van der Waals surface area contributed by atoms with Gasteiger partial charge in [0, 0.05) is 5.69 Å². The van der Waals surface area contributed by atoms with E-state index >= 15 is 0 Å². The van der Waals surface area contributed by atoms with E-state index in [-0.39, 0.29) is 16.8 Å². The van der Waals surface area contributed by atoms with E-state index < -0.39 is 5.82 Å². The van der Waals surface area contributed by atoms with Gasteiger partial charge in [-0.15, -0.1) is 0 Å². The average Bonchev–Trinajstić information content (AvgIpc) is 2.25. The van der Waals surface area contributed by atoms with Crippen LogP contribution in [0.5, 0.6) is 0 Å². The Bertz CT molecular complexity index is 557. The predicted octanol–water partition coefficient (Wildman–Crippen LogP) is 3.63. The third-order valence-corrected chi connectivity index (χ3v) is 2.44. The van der Waals surface area contributed by atoms with Crippen LogP contribution in [0, 0.1) is 19.7 Å². The first kappa shape index (κ1) is 11.8. The lowest BCUT2D eigenvalue weighted by Crippen LogP contribution is -2.02. The van der Waals surface area contributed by atoms with Gasteiger partial charge in [-0.25, -0.2) is 9.37 Å². The zero-order chi connectivity index (χ0) is 12.4. The summed E-state index contributed by atoms with van der Waals surface area (Å²) >= 11 is 5.69. The lowest BCUT2D eigenvalue weighted by Gasteiger charge is -2.08. The minimum atomic E-state index is -0.490. The molecule has 1 N–H and O–H groups in total. The molecule has 2 rings (SSSR count). The van der Waals surface area contributed by atoms with Crippen LogP contribution in [0.2, 0.25) is 5.28 Å². The predicted molar refractivity (Wildman–Crippen MR) is 66.2 cm³/mol. The molecule has 0 saturated carbocycles. The largest absolute Gasteiger partial charge is 0.338 e. The van der Waals surface area contributed by atoms with Crippen molar-refractivity contribution in [1.82, 2.24) is 9.97 Å². The van der Waals surface area contributed by atoms with E-state index in [0.29, 0.717) is 0 Å². The summed E-state index contributed by atoms with van der Waals surface area (Å²) in [7, 11) is 0. The number of hydrogen-bond acceptors (Lipinski definition) is 3. The number of rotatable bonds is 2. The summed E-state index contributed by atoms with van der Waals surface area (Å²) in [5.41, 5.74) is 2.06. The maximum atomic E-state index is 13.7. The lowest BCUT2D eigenvalue weighted by atomic mass is 10.2. The van der Waals surface area contributed by atoms with E-state index in [2.05, 4.69) is 15.3 Å². The first-order valence-electron chi connectivity index (χ1n) is 5.09. The second-order valence-corrected chi connectivity index (χ2v) is 4.07. The Hall–Kier alpha value is -1.68. The van der Waals surface area contributed by atoms with Gasteiger partial charge in [0.2, 0.25) is 5.28 Å². The lowest BCUT2D eigenvalue weighted by molar-refractivity contribution is 0.607. The summed E-state index contributed by atoms with van der Waals surface area (Å²) in [5, 5.41) is 2.91. The highest BCUT2D eigenvalue weighted by Crippen LogP contribution is 2.21. The van der Waals surface area contributed by atoms with Gasteiger partial charge in [0.15, 0.2) is 11.6 Å². The maximum absolute atomic E-state index is 13.7. The quantitative estimate of drug-likeness (QED) is 0.829. The normalized spacial score (nSPS) is 10.4. The summed E-state index contributed by atoms with van der Waals surface area (Å²) in [6.45, 7) is 3.50. The molecular weight excluding hydrogens is 241 g/mol. The Labute approximate surface area is 104 Å². The van der Waals surface area contributed by atoms with Crippen molar-refractivity contribution >= 4 is 23.1 Å². The van der Waals surface area contributed by atoms with Gasteiger partial charge in [0.05, 0.1) is 5.69 Å². The number of nitrogens with one attached hydrogen (secondary N) is 1. The van der Waals surface area contributed by atoms with Crippen LogP contribution in [-0.2, 0) is 0 Å². The molecule has 3 nitrogen and oxygen atoms in total. The molecule has 0 aliphatic heterocycles. The Morgan fingerprint density at radius 2 is 2.00 bits per heavy atom. The molecule has 0 atom stereocenters. The van der Waals surface area contributed by atoms with Crippen molar-refractivity contribution < 1.29 is 4.39 Å². The van der Waals surface area contributed by atoms with E-state index in [1.54, 1.807) is 6.92 Å². The van der Waals surface area contributed by atoms with Crippen LogP contribution in [0.15, 0.2) is 24.3 Å². The van der Waals surface area contributed by atoms with Crippen molar-refractivity contribution in [2.24, 2.45) is 0 Å². The van der Waals surface area contributed by atoms with Crippen LogP contribution < -0.4 is 5.32 Å². The van der Waals surface area contributed by atoms with Gasteiger partial charge in [-0.1, -0.05) is 12.1 Å². The molecule has 1 heterocycles. The molecule has 1 aromatic carbocycles. The summed E-state index contributed by atoms with van der Waals surface area (Å²) in [6, 6.07) is 7.56. The van der Waals surface area contributed by atoms with Gasteiger partial charge in [0.25, 0.3) is 0 Å². The number of benzene rings is 1. The van der Waals surface area contributed by atoms with Crippen molar-refractivity contribution in [3.8, 4) is 0 Å². The molecule has 17 heavy (non-hydrogen) atoms. The highest BCUT2D eigenvalue weighted by atomic mass is 35.5. The van der Waals surface area contributed by atoms with E-state index in [1.807, 2.05) is 31.2 Å². The van der Waals surface area contributed by atoms with Gasteiger partial charge in [0.1, 0.15) is 0 Å². The Balaban J connectivity index is 2.36. The van der Waals surface area contributed by atoms with E-state index in [1.165, 1.54) is 0 Å². The fourth-order valence-electron chi connectivity index (χ4n) is 1.47. The number of hydrogen-bond donors (Lipinski definition) is 1.